The second-order valence-corrected chi connectivity index (χ2v) is 3.64. The maximum Gasteiger partial charge on any atom is 0.309 e. The molecule has 0 amide bonds. The molecule has 3 atom stereocenters. The van der Waals surface area contributed by atoms with Gasteiger partial charge in [-0.15, -0.1) is 0 Å². The van der Waals surface area contributed by atoms with Gasteiger partial charge in [0.05, 0.1) is 17.9 Å². The van der Waals surface area contributed by atoms with Crippen LogP contribution in [0, 0.1) is 33.3 Å². The number of nitro groups is 1. The average molecular weight is 212 g/mol. The Labute approximate surface area is 87.0 Å². The molecule has 0 aromatic carbocycles. The maximum absolute atomic E-state index is 11.2. The summed E-state index contributed by atoms with van der Waals surface area (Å²) in [4.78, 5) is 21.2. The lowest BCUT2D eigenvalue weighted by Crippen LogP contribution is -2.27. The van der Waals surface area contributed by atoms with Crippen LogP contribution in [0.25, 0.3) is 0 Å². The fraction of sp³-hybridized carbons (Fsp3) is 0.778. The van der Waals surface area contributed by atoms with Crippen LogP contribution in [0.4, 0.5) is 0 Å². The van der Waals surface area contributed by atoms with E-state index in [1.165, 1.54) is 0 Å². The predicted molar refractivity (Wildman–Crippen MR) is 49.2 cm³/mol. The molecule has 1 rings (SSSR count). The Morgan fingerprint density at radius 1 is 1.67 bits per heavy atom. The Hall–Kier alpha value is -1.64. The molecular formula is C9H12N2O4. The first kappa shape index (κ1) is 11.4. The maximum atomic E-state index is 11.2. The molecule has 0 aromatic rings. The summed E-state index contributed by atoms with van der Waals surface area (Å²) in [5, 5.41) is 18.8. The number of carbonyl (C=O) groups is 1. The molecule has 0 N–H and O–H groups in total. The summed E-state index contributed by atoms with van der Waals surface area (Å²) in [7, 11) is 0. The normalized spacial score (nSPS) is 29.6. The first-order valence-electron chi connectivity index (χ1n) is 4.75. The van der Waals surface area contributed by atoms with Crippen molar-refractivity contribution in [3.05, 3.63) is 10.1 Å². The SMILES string of the molecule is C[C@@H]1C(=O)O[C@H](CCC#N)[C@H]1C[N+](=O)[O-]. The molecule has 1 aliphatic rings. The third-order valence-corrected chi connectivity index (χ3v) is 2.66. The van der Waals surface area contributed by atoms with E-state index in [2.05, 4.69) is 0 Å². The van der Waals surface area contributed by atoms with Crippen molar-refractivity contribution in [2.45, 2.75) is 25.9 Å². The van der Waals surface area contributed by atoms with Crippen LogP contribution in [0.2, 0.25) is 0 Å². The van der Waals surface area contributed by atoms with Crippen molar-refractivity contribution < 1.29 is 14.5 Å². The molecule has 6 nitrogen and oxygen atoms in total. The van der Waals surface area contributed by atoms with Crippen molar-refractivity contribution in [1.82, 2.24) is 0 Å². The first-order valence-corrected chi connectivity index (χ1v) is 4.75. The van der Waals surface area contributed by atoms with Crippen LogP contribution >= 0.6 is 0 Å². The molecule has 0 bridgehead atoms. The van der Waals surface area contributed by atoms with Crippen LogP contribution in [-0.4, -0.2) is 23.5 Å². The summed E-state index contributed by atoms with van der Waals surface area (Å²) in [6, 6.07) is 1.94. The smallest absolute Gasteiger partial charge is 0.309 e. The van der Waals surface area contributed by atoms with Gasteiger partial charge < -0.3 is 4.74 Å². The van der Waals surface area contributed by atoms with Gasteiger partial charge in [0, 0.05) is 11.3 Å². The fourth-order valence-electron chi connectivity index (χ4n) is 1.77. The number of esters is 1. The molecule has 6 heteroatoms. The number of ether oxygens (including phenoxy) is 1. The molecule has 0 radical (unpaired) electrons. The summed E-state index contributed by atoms with van der Waals surface area (Å²) < 4.78 is 4.99. The number of nitriles is 1. The minimum absolute atomic E-state index is 0.249. The lowest BCUT2D eigenvalue weighted by molar-refractivity contribution is -0.490. The van der Waals surface area contributed by atoms with E-state index >= 15 is 0 Å². The third kappa shape index (κ3) is 2.65. The van der Waals surface area contributed by atoms with E-state index in [4.69, 9.17) is 10.00 Å². The van der Waals surface area contributed by atoms with Crippen molar-refractivity contribution >= 4 is 5.97 Å². The van der Waals surface area contributed by atoms with Crippen LogP contribution in [0.1, 0.15) is 19.8 Å². The van der Waals surface area contributed by atoms with E-state index < -0.39 is 28.8 Å². The number of cyclic esters (lactones) is 1. The van der Waals surface area contributed by atoms with Crippen molar-refractivity contribution in [2.75, 3.05) is 6.54 Å². The third-order valence-electron chi connectivity index (χ3n) is 2.66. The van der Waals surface area contributed by atoms with Crippen LogP contribution in [0.3, 0.4) is 0 Å². The van der Waals surface area contributed by atoms with Gasteiger partial charge in [-0.05, 0) is 6.42 Å². The van der Waals surface area contributed by atoms with Gasteiger partial charge in [0.2, 0.25) is 6.54 Å². The summed E-state index contributed by atoms with van der Waals surface area (Å²) in [6.45, 7) is 1.35. The van der Waals surface area contributed by atoms with Crippen LogP contribution in [0.15, 0.2) is 0 Å². The highest BCUT2D eigenvalue weighted by Crippen LogP contribution is 2.30. The number of hydrogen-bond donors (Lipinski definition) is 0. The molecule has 0 saturated carbocycles. The van der Waals surface area contributed by atoms with Crippen molar-refractivity contribution in [2.24, 2.45) is 11.8 Å². The Kier molecular flexibility index (Phi) is 3.61. The quantitative estimate of drug-likeness (QED) is 0.389. The lowest BCUT2D eigenvalue weighted by atomic mass is 9.90. The molecule has 0 aromatic heterocycles. The summed E-state index contributed by atoms with van der Waals surface area (Å²) >= 11 is 0. The zero-order valence-electron chi connectivity index (χ0n) is 8.38. The highest BCUT2D eigenvalue weighted by molar-refractivity contribution is 5.74. The van der Waals surface area contributed by atoms with E-state index in [1.807, 2.05) is 6.07 Å². The van der Waals surface area contributed by atoms with Gasteiger partial charge in [-0.2, -0.15) is 5.26 Å². The van der Waals surface area contributed by atoms with E-state index in [0.717, 1.165) is 0 Å². The molecule has 1 heterocycles. The number of hydrogen-bond acceptors (Lipinski definition) is 5. The fourth-order valence-corrected chi connectivity index (χ4v) is 1.77. The standard InChI is InChI=1S/C9H12N2O4/c1-6-7(5-11(13)14)8(3-2-4-10)15-9(6)12/h6-8H,2-3,5H2,1H3/t6-,7-,8+/m0/s1. The second kappa shape index (κ2) is 4.73. The van der Waals surface area contributed by atoms with Crippen molar-refractivity contribution in [3.8, 4) is 6.07 Å². The highest BCUT2D eigenvalue weighted by atomic mass is 16.6. The molecule has 1 fully saturated rings. The molecule has 1 aliphatic heterocycles. The van der Waals surface area contributed by atoms with Crippen LogP contribution in [-0.2, 0) is 9.53 Å². The zero-order valence-corrected chi connectivity index (χ0v) is 8.38. The predicted octanol–water partition coefficient (Wildman–Crippen LogP) is 0.745. The molecule has 0 spiro atoms. The van der Waals surface area contributed by atoms with Gasteiger partial charge in [0.25, 0.3) is 0 Å². The summed E-state index contributed by atoms with van der Waals surface area (Å²) in [5.74, 6) is -1.25. The van der Waals surface area contributed by atoms with E-state index in [9.17, 15) is 14.9 Å². The van der Waals surface area contributed by atoms with E-state index in [0.29, 0.717) is 6.42 Å². The summed E-state index contributed by atoms with van der Waals surface area (Å²) in [5.41, 5.74) is 0. The minimum atomic E-state index is -0.474. The highest BCUT2D eigenvalue weighted by Gasteiger charge is 2.44. The molecule has 82 valence electrons. The largest absolute Gasteiger partial charge is 0.462 e. The molecular weight excluding hydrogens is 200 g/mol. The number of nitrogens with zero attached hydrogens (tertiary/aromatic N) is 2. The zero-order chi connectivity index (χ0) is 11.4. The van der Waals surface area contributed by atoms with Gasteiger partial charge in [-0.3, -0.25) is 14.9 Å². The van der Waals surface area contributed by atoms with Crippen molar-refractivity contribution in [3.63, 3.8) is 0 Å². The molecule has 15 heavy (non-hydrogen) atoms. The average Bonchev–Trinajstić information content (AvgIpc) is 2.42. The van der Waals surface area contributed by atoms with Gasteiger partial charge in [0.15, 0.2) is 0 Å². The van der Waals surface area contributed by atoms with Gasteiger partial charge in [-0.1, -0.05) is 6.92 Å². The van der Waals surface area contributed by atoms with E-state index in [1.54, 1.807) is 6.92 Å². The molecule has 0 unspecified atom stereocenters. The van der Waals surface area contributed by atoms with E-state index in [-0.39, 0.29) is 13.0 Å². The van der Waals surface area contributed by atoms with Gasteiger partial charge >= 0.3 is 5.97 Å². The Morgan fingerprint density at radius 3 is 2.87 bits per heavy atom. The van der Waals surface area contributed by atoms with Crippen LogP contribution < -0.4 is 0 Å². The molecule has 1 saturated heterocycles. The lowest BCUT2D eigenvalue weighted by Gasteiger charge is -2.13. The first-order chi connectivity index (χ1) is 7.06. The second-order valence-electron chi connectivity index (χ2n) is 3.64. The van der Waals surface area contributed by atoms with Crippen LogP contribution in [0.5, 0.6) is 0 Å². The van der Waals surface area contributed by atoms with Gasteiger partial charge in [-0.25, -0.2) is 0 Å². The Balaban J connectivity index is 2.64. The Bertz CT molecular complexity index is 310. The Morgan fingerprint density at radius 2 is 2.33 bits per heavy atom. The van der Waals surface area contributed by atoms with Crippen molar-refractivity contribution in [1.29, 1.82) is 5.26 Å². The number of carbonyl (C=O) groups excluding carboxylic acids is 1. The minimum Gasteiger partial charge on any atom is -0.462 e. The summed E-state index contributed by atoms with van der Waals surface area (Å²) in [6.07, 6.45) is 0.154. The molecule has 0 aliphatic carbocycles. The monoisotopic (exact) mass is 212 g/mol. The number of rotatable bonds is 4. The van der Waals surface area contributed by atoms with Gasteiger partial charge in [0.1, 0.15) is 6.10 Å². The topological polar surface area (TPSA) is 93.2 Å².